The van der Waals surface area contributed by atoms with Crippen LogP contribution >= 0.6 is 0 Å². The fourth-order valence-electron chi connectivity index (χ4n) is 3.85. The van der Waals surface area contributed by atoms with Gasteiger partial charge in [0.2, 0.25) is 0 Å². The third-order valence-corrected chi connectivity index (χ3v) is 6.82. The van der Waals surface area contributed by atoms with E-state index < -0.39 is 14.2 Å². The Kier molecular flexibility index (Phi) is 3.41. The highest BCUT2D eigenvalue weighted by molar-refractivity contribution is 6.87. The molecule has 0 saturated carbocycles. The van der Waals surface area contributed by atoms with Gasteiger partial charge in [-0.2, -0.15) is 0 Å². The molecule has 3 rings (SSSR count). The highest BCUT2D eigenvalue weighted by Gasteiger charge is 2.42. The number of hydrogen-bond donors (Lipinski definition) is 1. The monoisotopic (exact) mass is 302 g/mol. The fourth-order valence-corrected chi connectivity index (χ4v) is 5.88. The number of aliphatic hydroxyl groups excluding tert-OH is 1. The van der Waals surface area contributed by atoms with Crippen LogP contribution in [0.15, 0.2) is 34.1 Å². The Hall–Kier alpha value is -1.26. The van der Waals surface area contributed by atoms with Crippen molar-refractivity contribution in [2.24, 2.45) is 5.92 Å². The second-order valence-electron chi connectivity index (χ2n) is 7.35. The Morgan fingerprint density at radius 3 is 2.62 bits per heavy atom. The molecule has 112 valence electrons. The third kappa shape index (κ3) is 2.40. The second-order valence-corrected chi connectivity index (χ2v) is 12.4. The zero-order chi connectivity index (χ0) is 15.4. The smallest absolute Gasteiger partial charge is 0.159 e. The average Bonchev–Trinajstić information content (AvgIpc) is 2.67. The fraction of sp³-hybridized carbons (Fsp3) is 0.529. The number of Topliss-reactive ketones (excluding diaryl/α,β-unsaturated/α-hetero) is 1. The van der Waals surface area contributed by atoms with Crippen molar-refractivity contribution < 1.29 is 14.7 Å². The quantitative estimate of drug-likeness (QED) is 0.758. The molecule has 1 N–H and O–H groups in total. The Balaban J connectivity index is 2.16. The minimum Gasteiger partial charge on any atom is -0.384 e. The van der Waals surface area contributed by atoms with E-state index in [9.17, 15) is 14.7 Å². The van der Waals surface area contributed by atoms with Crippen molar-refractivity contribution in [2.75, 3.05) is 0 Å². The molecule has 0 fully saturated rings. The molecule has 3 aliphatic rings. The molecular formula is C17H22O3Si. The van der Waals surface area contributed by atoms with Gasteiger partial charge in [0.25, 0.3) is 0 Å². The van der Waals surface area contributed by atoms with Crippen molar-refractivity contribution in [2.45, 2.75) is 51.4 Å². The third-order valence-electron chi connectivity index (χ3n) is 4.77. The largest absolute Gasteiger partial charge is 0.384 e. The van der Waals surface area contributed by atoms with Crippen molar-refractivity contribution in [3.63, 3.8) is 0 Å². The maximum Gasteiger partial charge on any atom is 0.159 e. The highest BCUT2D eigenvalue weighted by Crippen LogP contribution is 2.44. The van der Waals surface area contributed by atoms with Crippen LogP contribution < -0.4 is 0 Å². The van der Waals surface area contributed by atoms with Crippen LogP contribution in [0.2, 0.25) is 19.6 Å². The van der Waals surface area contributed by atoms with Gasteiger partial charge in [-0.25, -0.2) is 0 Å². The number of aliphatic hydroxyl groups is 1. The molecule has 3 aliphatic carbocycles. The van der Waals surface area contributed by atoms with Gasteiger partial charge in [-0.3, -0.25) is 9.59 Å². The Bertz CT molecular complexity index is 616. The van der Waals surface area contributed by atoms with Crippen molar-refractivity contribution in [1.82, 2.24) is 0 Å². The van der Waals surface area contributed by atoms with Gasteiger partial charge in [-0.05, 0) is 46.8 Å². The van der Waals surface area contributed by atoms with Gasteiger partial charge in [0.15, 0.2) is 11.6 Å². The van der Waals surface area contributed by atoms with E-state index in [1.807, 2.05) is 0 Å². The Morgan fingerprint density at radius 2 is 1.95 bits per heavy atom. The molecule has 2 atom stereocenters. The number of hydrogen-bond acceptors (Lipinski definition) is 3. The molecule has 0 aromatic rings. The first kappa shape index (κ1) is 14.7. The van der Waals surface area contributed by atoms with E-state index in [2.05, 4.69) is 25.7 Å². The molecule has 0 aromatic heterocycles. The molecule has 0 heterocycles. The lowest BCUT2D eigenvalue weighted by molar-refractivity contribution is -0.115. The number of ketones is 2. The summed E-state index contributed by atoms with van der Waals surface area (Å²) in [7, 11) is -1.82. The van der Waals surface area contributed by atoms with Crippen LogP contribution in [0.25, 0.3) is 0 Å². The summed E-state index contributed by atoms with van der Waals surface area (Å²) in [5.74, 6) is 0.528. The Morgan fingerprint density at radius 1 is 1.24 bits per heavy atom. The van der Waals surface area contributed by atoms with Gasteiger partial charge < -0.3 is 5.11 Å². The number of carbonyl (C=O) groups excluding carboxylic acids is 2. The minimum atomic E-state index is -1.82. The summed E-state index contributed by atoms with van der Waals surface area (Å²) in [5.41, 5.74) is 2.67. The van der Waals surface area contributed by atoms with Gasteiger partial charge in [-0.1, -0.05) is 25.7 Å². The molecule has 0 spiro atoms. The molecule has 2 unspecified atom stereocenters. The molecule has 0 aromatic carbocycles. The predicted octanol–water partition coefficient (Wildman–Crippen LogP) is 2.73. The maximum atomic E-state index is 12.4. The molecule has 0 amide bonds. The van der Waals surface area contributed by atoms with Gasteiger partial charge in [-0.15, -0.1) is 0 Å². The summed E-state index contributed by atoms with van der Waals surface area (Å²) in [6.07, 6.45) is 5.65. The molecule has 0 bridgehead atoms. The first-order chi connectivity index (χ1) is 9.79. The molecule has 0 aliphatic heterocycles. The predicted molar refractivity (Wildman–Crippen MR) is 84.5 cm³/mol. The molecule has 4 heteroatoms. The van der Waals surface area contributed by atoms with Crippen molar-refractivity contribution in [1.29, 1.82) is 0 Å². The van der Waals surface area contributed by atoms with E-state index >= 15 is 0 Å². The number of fused-ring (bicyclic) bond motifs is 2. The summed E-state index contributed by atoms with van der Waals surface area (Å²) >= 11 is 0. The van der Waals surface area contributed by atoms with Gasteiger partial charge >= 0.3 is 0 Å². The van der Waals surface area contributed by atoms with Gasteiger partial charge in [0, 0.05) is 12.8 Å². The van der Waals surface area contributed by atoms with Crippen LogP contribution in [-0.4, -0.2) is 30.9 Å². The topological polar surface area (TPSA) is 54.4 Å². The molecule has 3 nitrogen and oxygen atoms in total. The summed E-state index contributed by atoms with van der Waals surface area (Å²) in [6.45, 7) is 6.43. The van der Waals surface area contributed by atoms with E-state index in [-0.39, 0.29) is 17.5 Å². The van der Waals surface area contributed by atoms with Crippen molar-refractivity contribution >= 4 is 19.6 Å². The summed E-state index contributed by atoms with van der Waals surface area (Å²) in [6, 6.07) is 0. The standard InChI is InChI=1S/C17H22O3Si/c1-21(2,3)17-14(19)8-11-5-4-10-6-7-12(18)9-13(10)16(20)15(11)17/h5,9-10,16,20H,4,6-8H2,1-3H3. The van der Waals surface area contributed by atoms with E-state index in [1.165, 1.54) is 0 Å². The summed E-state index contributed by atoms with van der Waals surface area (Å²) in [4.78, 5) is 24.1. The molecule has 0 radical (unpaired) electrons. The lowest BCUT2D eigenvalue weighted by Crippen LogP contribution is -2.31. The van der Waals surface area contributed by atoms with Crippen LogP contribution in [-0.2, 0) is 9.59 Å². The summed E-state index contributed by atoms with van der Waals surface area (Å²) in [5, 5.41) is 11.8. The lowest BCUT2D eigenvalue weighted by Gasteiger charge is -2.27. The number of allylic oxidation sites excluding steroid dienone is 3. The van der Waals surface area contributed by atoms with Crippen LogP contribution in [0.4, 0.5) is 0 Å². The number of rotatable bonds is 1. The van der Waals surface area contributed by atoms with Crippen LogP contribution in [0.5, 0.6) is 0 Å². The minimum absolute atomic E-state index is 0.100. The summed E-state index contributed by atoms with van der Waals surface area (Å²) < 4.78 is 0. The van der Waals surface area contributed by atoms with Gasteiger partial charge in [0.05, 0.1) is 8.07 Å². The zero-order valence-corrected chi connectivity index (χ0v) is 13.9. The molecule has 21 heavy (non-hydrogen) atoms. The van der Waals surface area contributed by atoms with E-state index in [0.29, 0.717) is 12.8 Å². The SMILES string of the molecule is C[Si](C)(C)C1=C2C(=CCC3CCC(=O)C=C3C2O)CC1=O. The molecule has 0 saturated heterocycles. The normalized spacial score (nSPS) is 29.7. The van der Waals surface area contributed by atoms with Crippen molar-refractivity contribution in [3.8, 4) is 0 Å². The van der Waals surface area contributed by atoms with Crippen LogP contribution in [0.1, 0.15) is 25.7 Å². The Labute approximate surface area is 126 Å². The van der Waals surface area contributed by atoms with E-state index in [1.54, 1.807) is 6.08 Å². The van der Waals surface area contributed by atoms with E-state index in [0.717, 1.165) is 34.8 Å². The lowest BCUT2D eigenvalue weighted by atomic mass is 9.82. The zero-order valence-electron chi connectivity index (χ0n) is 12.9. The van der Waals surface area contributed by atoms with Crippen LogP contribution in [0.3, 0.4) is 0 Å². The highest BCUT2D eigenvalue weighted by atomic mass is 28.3. The average molecular weight is 302 g/mol. The second kappa shape index (κ2) is 4.89. The van der Waals surface area contributed by atoms with Crippen LogP contribution in [0, 0.1) is 5.92 Å². The first-order valence-corrected chi connectivity index (χ1v) is 11.2. The van der Waals surface area contributed by atoms with Crippen molar-refractivity contribution in [3.05, 3.63) is 34.1 Å². The maximum absolute atomic E-state index is 12.4. The number of carbonyl (C=O) groups is 2. The van der Waals surface area contributed by atoms with E-state index in [4.69, 9.17) is 0 Å². The molecular weight excluding hydrogens is 280 g/mol. The van der Waals surface area contributed by atoms with Gasteiger partial charge in [0.1, 0.15) is 6.10 Å². The first-order valence-electron chi connectivity index (χ1n) is 7.68.